The van der Waals surface area contributed by atoms with Crippen molar-refractivity contribution in [3.8, 4) is 11.5 Å². The summed E-state index contributed by atoms with van der Waals surface area (Å²) in [5, 5.41) is 3.40. The lowest BCUT2D eigenvalue weighted by molar-refractivity contribution is -0.222. The maximum Gasteiger partial charge on any atom is 0.352 e. The standard InChI is InChI=1S/C39H50N2O6/c1-6-7-8-9-13-24-41(27-30-19-21-33(22-20-30)44-25-23-29(2)3)36(35-37(42)46-39(4,5)47-38(35)43)40-32-17-14-18-34(26-32)45-28-31-15-11-10-12-16-31/h10-12,14-22,26,29,40H,6-9,13,23-25,27-28H2,1-5H3. The van der Waals surface area contributed by atoms with Crippen molar-refractivity contribution in [2.24, 2.45) is 5.92 Å². The predicted molar refractivity (Wildman–Crippen MR) is 185 cm³/mol. The first kappa shape index (κ1) is 35.4. The van der Waals surface area contributed by atoms with Crippen molar-refractivity contribution in [2.45, 2.75) is 92.1 Å². The number of cyclic esters (lactones) is 2. The molecule has 0 saturated carbocycles. The number of carbonyl (C=O) groups is 2. The zero-order valence-corrected chi connectivity index (χ0v) is 28.6. The van der Waals surface area contributed by atoms with E-state index in [1.54, 1.807) is 13.8 Å². The van der Waals surface area contributed by atoms with Gasteiger partial charge in [0.25, 0.3) is 5.79 Å². The van der Waals surface area contributed by atoms with Gasteiger partial charge in [-0.25, -0.2) is 9.59 Å². The Labute approximate surface area is 280 Å². The van der Waals surface area contributed by atoms with Gasteiger partial charge < -0.3 is 29.2 Å². The van der Waals surface area contributed by atoms with Crippen LogP contribution >= 0.6 is 0 Å². The van der Waals surface area contributed by atoms with Crippen LogP contribution in [0.5, 0.6) is 11.5 Å². The van der Waals surface area contributed by atoms with E-state index in [-0.39, 0.29) is 5.57 Å². The Hall–Kier alpha value is -4.46. The van der Waals surface area contributed by atoms with Crippen LogP contribution in [-0.2, 0) is 32.2 Å². The van der Waals surface area contributed by atoms with Crippen LogP contribution in [0.1, 0.15) is 84.3 Å². The number of hydrogen-bond acceptors (Lipinski definition) is 8. The SMILES string of the molecule is CCCCCCCN(Cc1ccc(OCCC(C)C)cc1)C(Nc1cccc(OCc2ccccc2)c1)=C1C(=O)OC(C)(C)OC1=O. The van der Waals surface area contributed by atoms with Crippen molar-refractivity contribution < 1.29 is 28.5 Å². The normalized spacial score (nSPS) is 14.0. The third kappa shape index (κ3) is 11.4. The lowest BCUT2D eigenvalue weighted by Gasteiger charge is -2.34. The van der Waals surface area contributed by atoms with E-state index in [4.69, 9.17) is 18.9 Å². The van der Waals surface area contributed by atoms with Gasteiger partial charge in [-0.15, -0.1) is 0 Å². The second-order valence-electron chi connectivity index (χ2n) is 12.8. The number of esters is 2. The molecule has 0 aromatic heterocycles. The molecule has 3 aromatic carbocycles. The smallest absolute Gasteiger partial charge is 0.352 e. The molecular weight excluding hydrogens is 592 g/mol. The van der Waals surface area contributed by atoms with Gasteiger partial charge in [-0.3, -0.25) is 0 Å². The largest absolute Gasteiger partial charge is 0.494 e. The van der Waals surface area contributed by atoms with E-state index in [0.717, 1.165) is 55.4 Å². The predicted octanol–water partition coefficient (Wildman–Crippen LogP) is 8.62. The molecule has 8 nitrogen and oxygen atoms in total. The molecule has 47 heavy (non-hydrogen) atoms. The van der Waals surface area contributed by atoms with Gasteiger partial charge >= 0.3 is 11.9 Å². The molecule has 1 aliphatic rings. The minimum Gasteiger partial charge on any atom is -0.494 e. The molecule has 1 N–H and O–H groups in total. The minimum atomic E-state index is -1.36. The Balaban J connectivity index is 1.64. The summed E-state index contributed by atoms with van der Waals surface area (Å²) in [6, 6.07) is 25.4. The Bertz CT molecular complexity index is 1440. The van der Waals surface area contributed by atoms with Gasteiger partial charge in [0.2, 0.25) is 0 Å². The van der Waals surface area contributed by atoms with Crippen molar-refractivity contribution in [2.75, 3.05) is 18.5 Å². The monoisotopic (exact) mass is 642 g/mol. The molecule has 3 aromatic rings. The number of ether oxygens (including phenoxy) is 4. The fraction of sp³-hybridized carbons (Fsp3) is 0.436. The summed E-state index contributed by atoms with van der Waals surface area (Å²) in [4.78, 5) is 28.9. The summed E-state index contributed by atoms with van der Waals surface area (Å²) in [7, 11) is 0. The van der Waals surface area contributed by atoms with E-state index in [2.05, 4.69) is 26.1 Å². The maximum atomic E-state index is 13.5. The van der Waals surface area contributed by atoms with E-state index in [1.807, 2.05) is 83.8 Å². The molecule has 0 atom stereocenters. The molecule has 0 unspecified atom stereocenters. The fourth-order valence-corrected chi connectivity index (χ4v) is 5.19. The lowest BCUT2D eigenvalue weighted by Crippen LogP contribution is -2.44. The van der Waals surface area contributed by atoms with E-state index in [1.165, 1.54) is 0 Å². The van der Waals surface area contributed by atoms with Crippen molar-refractivity contribution in [3.63, 3.8) is 0 Å². The molecule has 0 spiro atoms. The number of benzene rings is 3. The first-order chi connectivity index (χ1) is 22.6. The first-order valence-electron chi connectivity index (χ1n) is 16.8. The average Bonchev–Trinajstić information content (AvgIpc) is 3.03. The Morgan fingerprint density at radius 2 is 1.51 bits per heavy atom. The molecule has 1 saturated heterocycles. The molecular formula is C39H50N2O6. The van der Waals surface area contributed by atoms with Crippen LogP contribution in [0, 0.1) is 5.92 Å². The van der Waals surface area contributed by atoms with Gasteiger partial charge in [0.1, 0.15) is 23.9 Å². The Morgan fingerprint density at radius 1 is 0.809 bits per heavy atom. The summed E-state index contributed by atoms with van der Waals surface area (Å²) < 4.78 is 23.1. The number of hydrogen-bond donors (Lipinski definition) is 1. The minimum absolute atomic E-state index is 0.165. The van der Waals surface area contributed by atoms with Crippen molar-refractivity contribution >= 4 is 17.6 Å². The van der Waals surface area contributed by atoms with Gasteiger partial charge in [0.15, 0.2) is 5.57 Å². The third-order valence-electron chi connectivity index (χ3n) is 7.78. The Morgan fingerprint density at radius 3 is 2.19 bits per heavy atom. The molecule has 8 heteroatoms. The van der Waals surface area contributed by atoms with Crippen molar-refractivity contribution in [1.82, 2.24) is 4.90 Å². The van der Waals surface area contributed by atoms with Crippen molar-refractivity contribution in [1.29, 1.82) is 0 Å². The van der Waals surface area contributed by atoms with Gasteiger partial charge in [0, 0.05) is 38.7 Å². The van der Waals surface area contributed by atoms with Crippen LogP contribution in [0.25, 0.3) is 0 Å². The quantitative estimate of drug-likeness (QED) is 0.0639. The van der Waals surface area contributed by atoms with E-state index in [9.17, 15) is 9.59 Å². The third-order valence-corrected chi connectivity index (χ3v) is 7.78. The molecule has 1 aliphatic heterocycles. The van der Waals surface area contributed by atoms with E-state index in [0.29, 0.717) is 49.5 Å². The average molecular weight is 643 g/mol. The van der Waals surface area contributed by atoms with E-state index >= 15 is 0 Å². The second kappa shape index (κ2) is 17.5. The fourth-order valence-electron chi connectivity index (χ4n) is 5.19. The number of nitrogens with one attached hydrogen (secondary N) is 1. The van der Waals surface area contributed by atoms with Crippen LogP contribution in [0.2, 0.25) is 0 Å². The zero-order chi connectivity index (χ0) is 33.6. The number of anilines is 1. The summed E-state index contributed by atoms with van der Waals surface area (Å²) in [6.07, 6.45) is 6.31. The van der Waals surface area contributed by atoms with Gasteiger partial charge in [0.05, 0.1) is 6.61 Å². The highest BCUT2D eigenvalue weighted by atomic mass is 16.7. The van der Waals surface area contributed by atoms with Gasteiger partial charge in [-0.05, 0) is 54.2 Å². The summed E-state index contributed by atoms with van der Waals surface area (Å²) in [6.45, 7) is 11.8. The zero-order valence-electron chi connectivity index (χ0n) is 28.6. The first-order valence-corrected chi connectivity index (χ1v) is 16.8. The van der Waals surface area contributed by atoms with E-state index < -0.39 is 17.7 Å². The van der Waals surface area contributed by atoms with Crippen molar-refractivity contribution in [3.05, 3.63) is 101 Å². The molecule has 1 heterocycles. The summed E-state index contributed by atoms with van der Waals surface area (Å²) in [5.41, 5.74) is 2.55. The molecule has 252 valence electrons. The topological polar surface area (TPSA) is 86.3 Å². The summed E-state index contributed by atoms with van der Waals surface area (Å²) in [5.74, 6) is -0.444. The maximum absolute atomic E-state index is 13.5. The highest BCUT2D eigenvalue weighted by molar-refractivity contribution is 6.16. The Kier molecular flexibility index (Phi) is 13.1. The molecule has 0 radical (unpaired) electrons. The second-order valence-corrected chi connectivity index (χ2v) is 12.8. The number of rotatable bonds is 18. The molecule has 0 aliphatic carbocycles. The van der Waals surface area contributed by atoms with Crippen LogP contribution in [0.3, 0.4) is 0 Å². The molecule has 1 fully saturated rings. The lowest BCUT2D eigenvalue weighted by atomic mass is 10.1. The van der Waals surface area contributed by atoms with Crippen LogP contribution in [0.15, 0.2) is 90.3 Å². The number of nitrogens with zero attached hydrogens (tertiary/aromatic N) is 1. The van der Waals surface area contributed by atoms with Gasteiger partial charge in [-0.2, -0.15) is 0 Å². The molecule has 0 bridgehead atoms. The van der Waals surface area contributed by atoms with Crippen LogP contribution in [-0.4, -0.2) is 35.8 Å². The van der Waals surface area contributed by atoms with Crippen LogP contribution in [0.4, 0.5) is 5.69 Å². The molecule has 4 rings (SSSR count). The highest BCUT2D eigenvalue weighted by Crippen LogP contribution is 2.30. The van der Waals surface area contributed by atoms with Gasteiger partial charge in [-0.1, -0.05) is 95.0 Å². The highest BCUT2D eigenvalue weighted by Gasteiger charge is 2.42. The summed E-state index contributed by atoms with van der Waals surface area (Å²) >= 11 is 0. The van der Waals surface area contributed by atoms with Crippen LogP contribution < -0.4 is 14.8 Å². The molecule has 0 amide bonds. The number of unbranched alkanes of at least 4 members (excludes halogenated alkanes) is 4. The number of carbonyl (C=O) groups excluding carboxylic acids is 2.